The molecule has 3 heteroatoms. The van der Waals surface area contributed by atoms with Crippen LogP contribution < -0.4 is 5.73 Å². The lowest BCUT2D eigenvalue weighted by Crippen LogP contribution is -2.18. The molecule has 1 aromatic carbocycles. The second kappa shape index (κ2) is 3.89. The van der Waals surface area contributed by atoms with Gasteiger partial charge in [-0.15, -0.1) is 0 Å². The first-order chi connectivity index (χ1) is 5.61. The zero-order chi connectivity index (χ0) is 9.14. The second-order valence-electron chi connectivity index (χ2n) is 2.68. The summed E-state index contributed by atoms with van der Waals surface area (Å²) in [4.78, 5) is 10.8. The minimum absolute atomic E-state index is 0.193. The van der Waals surface area contributed by atoms with Gasteiger partial charge in [-0.3, -0.25) is 4.79 Å². The van der Waals surface area contributed by atoms with E-state index in [1.165, 1.54) is 0 Å². The lowest BCUT2D eigenvalue weighted by Gasteiger charge is -2.06. The molecular weight excluding hydrogens is 265 g/mol. The lowest BCUT2D eigenvalue weighted by atomic mass is 10.0. The van der Waals surface area contributed by atoms with Crippen molar-refractivity contribution in [1.82, 2.24) is 0 Å². The maximum absolute atomic E-state index is 10.8. The van der Waals surface area contributed by atoms with E-state index in [1.807, 2.05) is 31.2 Å². The largest absolute Gasteiger partial charge is 0.369 e. The molecular formula is C9H10INO. The standard InChI is InChI=1S/C9H10INO/c1-6(9(11)12)7-2-4-8(10)5-3-7/h2-6H,1H3,(H2,11,12)/t6-/m1/s1. The van der Waals surface area contributed by atoms with Gasteiger partial charge in [0.15, 0.2) is 0 Å². The third kappa shape index (κ3) is 2.20. The molecule has 0 spiro atoms. The summed E-state index contributed by atoms with van der Waals surface area (Å²) >= 11 is 2.22. The average molecular weight is 275 g/mol. The molecule has 0 aliphatic rings. The summed E-state index contributed by atoms with van der Waals surface area (Å²) < 4.78 is 1.16. The summed E-state index contributed by atoms with van der Waals surface area (Å²) in [5.74, 6) is -0.474. The molecule has 0 bridgehead atoms. The highest BCUT2D eigenvalue weighted by atomic mass is 127. The number of halogens is 1. The highest BCUT2D eigenvalue weighted by Gasteiger charge is 2.10. The van der Waals surface area contributed by atoms with Crippen LogP contribution in [0.5, 0.6) is 0 Å². The van der Waals surface area contributed by atoms with Crippen molar-refractivity contribution in [3.05, 3.63) is 33.4 Å². The van der Waals surface area contributed by atoms with Crippen LogP contribution in [0.15, 0.2) is 24.3 Å². The van der Waals surface area contributed by atoms with Crippen LogP contribution in [0.4, 0.5) is 0 Å². The van der Waals surface area contributed by atoms with Crippen molar-refractivity contribution >= 4 is 28.5 Å². The van der Waals surface area contributed by atoms with E-state index in [9.17, 15) is 4.79 Å². The highest BCUT2D eigenvalue weighted by molar-refractivity contribution is 14.1. The number of benzene rings is 1. The molecule has 1 atom stereocenters. The quantitative estimate of drug-likeness (QED) is 0.823. The fraction of sp³-hybridized carbons (Fsp3) is 0.222. The molecule has 1 rings (SSSR count). The Bertz CT molecular complexity index is 281. The summed E-state index contributed by atoms with van der Waals surface area (Å²) in [6.45, 7) is 1.81. The van der Waals surface area contributed by atoms with Gasteiger partial charge in [-0.25, -0.2) is 0 Å². The maximum atomic E-state index is 10.8. The fourth-order valence-electron chi connectivity index (χ4n) is 0.916. The summed E-state index contributed by atoms with van der Waals surface area (Å²) in [6, 6.07) is 7.79. The Labute approximate surface area is 85.3 Å². The molecule has 1 amide bonds. The lowest BCUT2D eigenvalue weighted by molar-refractivity contribution is -0.119. The van der Waals surface area contributed by atoms with Gasteiger partial charge in [0.25, 0.3) is 0 Å². The van der Waals surface area contributed by atoms with Crippen molar-refractivity contribution in [2.75, 3.05) is 0 Å². The van der Waals surface area contributed by atoms with Crippen molar-refractivity contribution in [3.63, 3.8) is 0 Å². The van der Waals surface area contributed by atoms with Gasteiger partial charge in [-0.2, -0.15) is 0 Å². The van der Waals surface area contributed by atoms with E-state index in [2.05, 4.69) is 22.6 Å². The van der Waals surface area contributed by atoms with E-state index in [1.54, 1.807) is 0 Å². The van der Waals surface area contributed by atoms with Crippen LogP contribution in [0, 0.1) is 3.57 Å². The Hall–Kier alpha value is -0.580. The zero-order valence-corrected chi connectivity index (χ0v) is 8.91. The Morgan fingerprint density at radius 3 is 2.33 bits per heavy atom. The molecule has 0 unspecified atom stereocenters. The molecule has 12 heavy (non-hydrogen) atoms. The average Bonchev–Trinajstić information content (AvgIpc) is 2.04. The number of amides is 1. The van der Waals surface area contributed by atoms with Crippen molar-refractivity contribution in [3.8, 4) is 0 Å². The first-order valence-electron chi connectivity index (χ1n) is 3.66. The number of nitrogens with two attached hydrogens (primary N) is 1. The zero-order valence-electron chi connectivity index (χ0n) is 6.75. The summed E-state index contributed by atoms with van der Waals surface area (Å²) in [6.07, 6.45) is 0. The van der Waals surface area contributed by atoms with Crippen molar-refractivity contribution < 1.29 is 4.79 Å². The molecule has 0 heterocycles. The van der Waals surface area contributed by atoms with E-state index in [0.717, 1.165) is 9.13 Å². The van der Waals surface area contributed by atoms with Crippen LogP contribution in [0.1, 0.15) is 18.4 Å². The van der Waals surface area contributed by atoms with E-state index in [4.69, 9.17) is 5.73 Å². The summed E-state index contributed by atoms with van der Waals surface area (Å²) in [7, 11) is 0. The van der Waals surface area contributed by atoms with Crippen molar-refractivity contribution in [2.24, 2.45) is 5.73 Å². The summed E-state index contributed by atoms with van der Waals surface area (Å²) in [5, 5.41) is 0. The number of carbonyl (C=O) groups excluding carboxylic acids is 1. The first kappa shape index (κ1) is 9.51. The molecule has 0 fully saturated rings. The van der Waals surface area contributed by atoms with Gasteiger partial charge in [-0.1, -0.05) is 12.1 Å². The molecule has 0 aliphatic heterocycles. The molecule has 2 N–H and O–H groups in total. The number of primary amides is 1. The van der Waals surface area contributed by atoms with Gasteiger partial charge in [0, 0.05) is 3.57 Å². The van der Waals surface area contributed by atoms with Crippen molar-refractivity contribution in [1.29, 1.82) is 0 Å². The van der Waals surface area contributed by atoms with Crippen molar-refractivity contribution in [2.45, 2.75) is 12.8 Å². The molecule has 0 saturated heterocycles. The van der Waals surface area contributed by atoms with E-state index < -0.39 is 0 Å². The molecule has 0 radical (unpaired) electrons. The van der Waals surface area contributed by atoms with Gasteiger partial charge in [0.05, 0.1) is 5.92 Å². The van der Waals surface area contributed by atoms with Gasteiger partial charge in [0.1, 0.15) is 0 Å². The minimum Gasteiger partial charge on any atom is -0.369 e. The second-order valence-corrected chi connectivity index (χ2v) is 3.92. The number of hydrogen-bond acceptors (Lipinski definition) is 1. The monoisotopic (exact) mass is 275 g/mol. The SMILES string of the molecule is C[C@@H](C(N)=O)c1ccc(I)cc1. The highest BCUT2D eigenvalue weighted by Crippen LogP contribution is 2.15. The predicted molar refractivity (Wildman–Crippen MR) is 56.8 cm³/mol. The van der Waals surface area contributed by atoms with Gasteiger partial charge in [0.2, 0.25) is 5.91 Å². The molecule has 0 saturated carbocycles. The molecule has 1 aromatic rings. The number of rotatable bonds is 2. The van der Waals surface area contributed by atoms with Gasteiger partial charge < -0.3 is 5.73 Å². The smallest absolute Gasteiger partial charge is 0.224 e. The van der Waals surface area contributed by atoms with Crippen LogP contribution in [0.3, 0.4) is 0 Å². The normalized spacial score (nSPS) is 12.5. The van der Waals surface area contributed by atoms with E-state index >= 15 is 0 Å². The van der Waals surface area contributed by atoms with E-state index in [-0.39, 0.29) is 11.8 Å². The van der Waals surface area contributed by atoms with Crippen LogP contribution in [0.25, 0.3) is 0 Å². The molecule has 64 valence electrons. The topological polar surface area (TPSA) is 43.1 Å². The Kier molecular flexibility index (Phi) is 3.08. The molecule has 0 aliphatic carbocycles. The van der Waals surface area contributed by atoms with Gasteiger partial charge in [-0.05, 0) is 47.2 Å². The van der Waals surface area contributed by atoms with E-state index in [0.29, 0.717) is 0 Å². The molecule has 2 nitrogen and oxygen atoms in total. The minimum atomic E-state index is -0.281. The molecule has 0 aromatic heterocycles. The predicted octanol–water partition coefficient (Wildman–Crippen LogP) is 1.88. The van der Waals surface area contributed by atoms with Crippen LogP contribution in [-0.2, 0) is 4.79 Å². The van der Waals surface area contributed by atoms with Crippen LogP contribution >= 0.6 is 22.6 Å². The number of hydrogen-bond donors (Lipinski definition) is 1. The van der Waals surface area contributed by atoms with Crippen LogP contribution in [0.2, 0.25) is 0 Å². The Balaban J connectivity index is 2.89. The summed E-state index contributed by atoms with van der Waals surface area (Å²) in [5.41, 5.74) is 6.14. The first-order valence-corrected chi connectivity index (χ1v) is 4.74. The number of carbonyl (C=O) groups is 1. The Morgan fingerprint density at radius 1 is 1.42 bits per heavy atom. The third-order valence-corrected chi connectivity index (χ3v) is 2.52. The van der Waals surface area contributed by atoms with Crippen LogP contribution in [-0.4, -0.2) is 5.91 Å². The third-order valence-electron chi connectivity index (χ3n) is 1.80. The Morgan fingerprint density at radius 2 is 1.92 bits per heavy atom. The van der Waals surface area contributed by atoms with Gasteiger partial charge >= 0.3 is 0 Å². The maximum Gasteiger partial charge on any atom is 0.224 e. The fourth-order valence-corrected chi connectivity index (χ4v) is 1.28.